The van der Waals surface area contributed by atoms with Gasteiger partial charge < -0.3 is 15.3 Å². The summed E-state index contributed by atoms with van der Waals surface area (Å²) >= 11 is 15.2. The zero-order chi connectivity index (χ0) is 14.2. The van der Waals surface area contributed by atoms with Gasteiger partial charge in [-0.15, -0.1) is 0 Å². The minimum Gasteiger partial charge on any atom is -0.481 e. The summed E-state index contributed by atoms with van der Waals surface area (Å²) in [7, 11) is 0. The molecule has 102 valence electrons. The molecule has 0 atom stereocenters. The van der Waals surface area contributed by atoms with Crippen molar-refractivity contribution in [3.05, 3.63) is 26.7 Å². The number of halogens is 3. The molecule has 0 bridgehead atoms. The largest absolute Gasteiger partial charge is 0.481 e. The summed E-state index contributed by atoms with van der Waals surface area (Å²) in [5.41, 5.74) is 0.388. The summed E-state index contributed by atoms with van der Waals surface area (Å²) in [5.74, 6) is -1.39. The topological polar surface area (TPSA) is 69.6 Å². The maximum absolute atomic E-state index is 11.8. The second-order valence-electron chi connectivity index (χ2n) is 4.09. The van der Waals surface area contributed by atoms with Crippen molar-refractivity contribution in [1.82, 2.24) is 4.90 Å². The summed E-state index contributed by atoms with van der Waals surface area (Å²) in [6, 6.07) is 2.89. The van der Waals surface area contributed by atoms with Gasteiger partial charge in [-0.1, -0.05) is 23.2 Å². The van der Waals surface area contributed by atoms with Crippen LogP contribution in [0.5, 0.6) is 0 Å². The lowest BCUT2D eigenvalue weighted by atomic mass is 10.0. The van der Waals surface area contributed by atoms with Gasteiger partial charge in [0.15, 0.2) is 0 Å². The van der Waals surface area contributed by atoms with Crippen molar-refractivity contribution in [2.75, 3.05) is 18.4 Å². The van der Waals surface area contributed by atoms with E-state index in [1.807, 2.05) is 0 Å². The first-order valence-electron chi connectivity index (χ1n) is 5.32. The van der Waals surface area contributed by atoms with Crippen LogP contribution in [0, 0.1) is 5.92 Å². The number of anilines is 1. The van der Waals surface area contributed by atoms with E-state index in [4.69, 9.17) is 28.3 Å². The normalized spacial score (nSPS) is 15.0. The van der Waals surface area contributed by atoms with Crippen LogP contribution in [-0.2, 0) is 4.79 Å². The van der Waals surface area contributed by atoms with Crippen molar-refractivity contribution in [1.29, 1.82) is 0 Å². The lowest BCUT2D eigenvalue weighted by molar-refractivity contribution is -0.145. The summed E-state index contributed by atoms with van der Waals surface area (Å²) in [6.07, 6.45) is 0. The van der Waals surface area contributed by atoms with Gasteiger partial charge in [0, 0.05) is 17.6 Å². The number of nitrogens with one attached hydrogen (secondary N) is 1. The number of carbonyl (C=O) groups is 2. The zero-order valence-electron chi connectivity index (χ0n) is 9.49. The number of likely N-dealkylation sites (tertiary alicyclic amines) is 1. The number of rotatable bonds is 2. The van der Waals surface area contributed by atoms with E-state index in [-0.39, 0.29) is 18.1 Å². The summed E-state index contributed by atoms with van der Waals surface area (Å²) in [5, 5.41) is 11.9. The highest BCUT2D eigenvalue weighted by Crippen LogP contribution is 2.36. The van der Waals surface area contributed by atoms with Crippen LogP contribution in [0.25, 0.3) is 0 Å². The van der Waals surface area contributed by atoms with E-state index >= 15 is 0 Å². The van der Waals surface area contributed by atoms with Crippen molar-refractivity contribution in [2.45, 2.75) is 0 Å². The van der Waals surface area contributed by atoms with Crippen molar-refractivity contribution in [3.63, 3.8) is 0 Å². The molecular weight excluding hydrogens is 359 g/mol. The molecule has 0 unspecified atom stereocenters. The first kappa shape index (κ1) is 14.4. The van der Waals surface area contributed by atoms with Crippen LogP contribution < -0.4 is 5.32 Å². The van der Waals surface area contributed by atoms with Gasteiger partial charge in [-0.05, 0) is 28.1 Å². The monoisotopic (exact) mass is 366 g/mol. The number of carboxylic acid groups (broad SMARTS) is 1. The number of hydrogen-bond donors (Lipinski definition) is 2. The van der Waals surface area contributed by atoms with Crippen molar-refractivity contribution < 1.29 is 14.7 Å². The molecular formula is C11H9BrCl2N2O3. The highest BCUT2D eigenvalue weighted by atomic mass is 79.9. The third-order valence-electron chi connectivity index (χ3n) is 2.79. The number of urea groups is 1. The molecule has 1 fully saturated rings. The van der Waals surface area contributed by atoms with E-state index in [9.17, 15) is 9.59 Å². The SMILES string of the molecule is O=C(O)C1CN(C(=O)Nc2ccc(Br)c(Cl)c2Cl)C1. The number of aliphatic carboxylic acids is 1. The van der Waals surface area contributed by atoms with Gasteiger partial charge in [-0.2, -0.15) is 0 Å². The van der Waals surface area contributed by atoms with Crippen LogP contribution in [0.4, 0.5) is 10.5 Å². The van der Waals surface area contributed by atoms with Gasteiger partial charge in [0.25, 0.3) is 0 Å². The second kappa shape index (κ2) is 5.56. The maximum Gasteiger partial charge on any atom is 0.321 e. The quantitative estimate of drug-likeness (QED) is 0.788. The van der Waals surface area contributed by atoms with Gasteiger partial charge in [0.05, 0.1) is 21.7 Å². The molecule has 5 nitrogen and oxygen atoms in total. The minimum atomic E-state index is -0.895. The number of carboxylic acids is 1. The maximum atomic E-state index is 11.8. The van der Waals surface area contributed by atoms with Gasteiger partial charge in [0.1, 0.15) is 0 Å². The molecule has 0 spiro atoms. The summed E-state index contributed by atoms with van der Waals surface area (Å²) in [4.78, 5) is 23.9. The number of hydrogen-bond acceptors (Lipinski definition) is 2. The Morgan fingerprint density at radius 2 is 1.95 bits per heavy atom. The highest BCUT2D eigenvalue weighted by molar-refractivity contribution is 9.10. The lowest BCUT2D eigenvalue weighted by Gasteiger charge is -2.36. The van der Waals surface area contributed by atoms with Gasteiger partial charge >= 0.3 is 12.0 Å². The molecule has 0 radical (unpaired) electrons. The van der Waals surface area contributed by atoms with E-state index in [0.29, 0.717) is 15.2 Å². The summed E-state index contributed by atoms with van der Waals surface area (Å²) < 4.78 is 0.632. The van der Waals surface area contributed by atoms with Gasteiger partial charge in [-0.25, -0.2) is 4.79 Å². The molecule has 2 N–H and O–H groups in total. The Hall–Kier alpha value is -0.980. The van der Waals surface area contributed by atoms with Gasteiger partial charge in [-0.3, -0.25) is 4.79 Å². The van der Waals surface area contributed by atoms with Crippen molar-refractivity contribution >= 4 is 56.8 Å². The van der Waals surface area contributed by atoms with E-state index in [0.717, 1.165) is 0 Å². The molecule has 1 heterocycles. The van der Waals surface area contributed by atoms with Crippen LogP contribution in [-0.4, -0.2) is 35.1 Å². The molecule has 1 aliphatic heterocycles. The standard InChI is InChI=1S/C11H9BrCl2N2O3/c12-6-1-2-7(9(14)8(6)13)15-11(19)16-3-5(4-16)10(17)18/h1-2,5H,3-4H2,(H,15,19)(H,17,18). The molecule has 8 heteroatoms. The fourth-order valence-corrected chi connectivity index (χ4v) is 2.44. The molecule has 2 amide bonds. The van der Waals surface area contributed by atoms with Crippen LogP contribution in [0.1, 0.15) is 0 Å². The van der Waals surface area contributed by atoms with Crippen molar-refractivity contribution in [3.8, 4) is 0 Å². The number of nitrogens with zero attached hydrogens (tertiary/aromatic N) is 1. The predicted octanol–water partition coefficient (Wildman–Crippen LogP) is 3.30. The first-order chi connectivity index (χ1) is 8.90. The third kappa shape index (κ3) is 2.96. The molecule has 1 saturated heterocycles. The average molecular weight is 368 g/mol. The van der Waals surface area contributed by atoms with Crippen LogP contribution in [0.2, 0.25) is 10.0 Å². The molecule has 2 rings (SSSR count). The zero-order valence-corrected chi connectivity index (χ0v) is 12.6. The Morgan fingerprint density at radius 1 is 1.32 bits per heavy atom. The predicted molar refractivity (Wildman–Crippen MR) is 75.9 cm³/mol. The fourth-order valence-electron chi connectivity index (χ4n) is 1.62. The number of benzene rings is 1. The van der Waals surface area contributed by atoms with E-state index in [1.165, 1.54) is 4.90 Å². The van der Waals surface area contributed by atoms with Gasteiger partial charge in [0.2, 0.25) is 0 Å². The Labute approximate surface area is 127 Å². The van der Waals surface area contributed by atoms with Crippen LogP contribution in [0.3, 0.4) is 0 Å². The molecule has 0 saturated carbocycles. The van der Waals surface area contributed by atoms with Crippen molar-refractivity contribution in [2.24, 2.45) is 5.92 Å². The smallest absolute Gasteiger partial charge is 0.321 e. The number of amides is 2. The van der Waals surface area contributed by atoms with E-state index in [2.05, 4.69) is 21.2 Å². The Balaban J connectivity index is 2.01. The Morgan fingerprint density at radius 3 is 2.53 bits per heavy atom. The second-order valence-corrected chi connectivity index (χ2v) is 5.70. The first-order valence-corrected chi connectivity index (χ1v) is 6.87. The number of carbonyl (C=O) groups excluding carboxylic acids is 1. The molecule has 1 aromatic carbocycles. The average Bonchev–Trinajstić information content (AvgIpc) is 2.27. The molecule has 1 aromatic rings. The van der Waals surface area contributed by atoms with E-state index in [1.54, 1.807) is 12.1 Å². The highest BCUT2D eigenvalue weighted by Gasteiger charge is 2.35. The minimum absolute atomic E-state index is 0.197. The molecule has 19 heavy (non-hydrogen) atoms. The van der Waals surface area contributed by atoms with Crippen LogP contribution in [0.15, 0.2) is 16.6 Å². The Bertz CT molecular complexity index is 547. The Kier molecular flexibility index (Phi) is 4.23. The molecule has 0 aromatic heterocycles. The van der Waals surface area contributed by atoms with Crippen LogP contribution >= 0.6 is 39.1 Å². The summed E-state index contributed by atoms with van der Waals surface area (Å²) in [6.45, 7) is 0.395. The molecule has 0 aliphatic carbocycles. The lowest BCUT2D eigenvalue weighted by Crippen LogP contribution is -2.54. The third-order valence-corrected chi connectivity index (χ3v) is 4.57. The van der Waals surface area contributed by atoms with E-state index < -0.39 is 17.9 Å². The fraction of sp³-hybridized carbons (Fsp3) is 0.273. The molecule has 1 aliphatic rings.